The average molecular weight is 353 g/mol. The van der Waals surface area contributed by atoms with Crippen molar-refractivity contribution in [3.05, 3.63) is 12.7 Å². The molecule has 1 heterocycles. The maximum Gasteiger partial charge on any atom is 0.191 e. The number of rotatable bonds is 9. The van der Waals surface area contributed by atoms with E-state index in [1.54, 1.807) is 12.7 Å². The van der Waals surface area contributed by atoms with Gasteiger partial charge in [-0.3, -0.25) is 4.99 Å². The molecular weight excluding hydrogens is 320 g/mol. The largest absolute Gasteiger partial charge is 0.357 e. The molecule has 2 atom stereocenters. The maximum absolute atomic E-state index is 4.74. The van der Waals surface area contributed by atoms with Crippen LogP contribution in [0.3, 0.4) is 0 Å². The Morgan fingerprint density at radius 2 is 2.08 bits per heavy atom. The predicted molar refractivity (Wildman–Crippen MR) is 103 cm³/mol. The number of hydrogen-bond acceptors (Lipinski definition) is 4. The molecule has 2 N–H and O–H groups in total. The lowest BCUT2D eigenvalue weighted by atomic mass is 9.95. The van der Waals surface area contributed by atoms with Crippen LogP contribution in [0.4, 0.5) is 0 Å². The Morgan fingerprint density at radius 1 is 1.25 bits per heavy atom. The molecule has 1 aromatic heterocycles. The Balaban J connectivity index is 1.71. The molecule has 0 aromatic carbocycles. The van der Waals surface area contributed by atoms with Crippen molar-refractivity contribution in [1.29, 1.82) is 0 Å². The van der Waals surface area contributed by atoms with Gasteiger partial charge in [-0.05, 0) is 44.8 Å². The highest BCUT2D eigenvalue weighted by Gasteiger charge is 2.22. The van der Waals surface area contributed by atoms with E-state index in [1.807, 2.05) is 4.57 Å². The summed E-state index contributed by atoms with van der Waals surface area (Å²) < 4.78 is 2.01. The maximum atomic E-state index is 4.74. The van der Waals surface area contributed by atoms with Gasteiger partial charge in [0.2, 0.25) is 0 Å². The number of aromatic nitrogens is 3. The average Bonchev–Trinajstić information content (AvgIpc) is 3.09. The van der Waals surface area contributed by atoms with E-state index in [1.165, 1.54) is 31.4 Å². The first-order chi connectivity index (χ1) is 11.8. The van der Waals surface area contributed by atoms with Crippen LogP contribution < -0.4 is 10.6 Å². The smallest absolute Gasteiger partial charge is 0.191 e. The highest BCUT2D eigenvalue weighted by molar-refractivity contribution is 7.99. The minimum Gasteiger partial charge on any atom is -0.357 e. The van der Waals surface area contributed by atoms with Crippen molar-refractivity contribution in [2.45, 2.75) is 70.2 Å². The predicted octanol–water partition coefficient (Wildman–Crippen LogP) is 2.68. The van der Waals surface area contributed by atoms with Crippen LogP contribution in [-0.4, -0.2) is 50.9 Å². The normalized spacial score (nSPS) is 21.7. The van der Waals surface area contributed by atoms with Gasteiger partial charge in [-0.25, -0.2) is 0 Å². The quantitative estimate of drug-likeness (QED) is 0.406. The highest BCUT2D eigenvalue weighted by Crippen LogP contribution is 2.28. The zero-order chi connectivity index (χ0) is 17.0. The highest BCUT2D eigenvalue weighted by atomic mass is 32.2. The fourth-order valence-corrected chi connectivity index (χ4v) is 4.28. The summed E-state index contributed by atoms with van der Waals surface area (Å²) in [6.45, 7) is 7.11. The van der Waals surface area contributed by atoms with Crippen molar-refractivity contribution >= 4 is 17.7 Å². The fraction of sp³-hybridized carbons (Fsp3) is 0.824. The van der Waals surface area contributed by atoms with Gasteiger partial charge in [0.15, 0.2) is 5.96 Å². The molecule has 1 aliphatic carbocycles. The Hall–Kier alpha value is -1.24. The Morgan fingerprint density at radius 3 is 2.83 bits per heavy atom. The van der Waals surface area contributed by atoms with Crippen molar-refractivity contribution in [3.63, 3.8) is 0 Å². The van der Waals surface area contributed by atoms with E-state index in [4.69, 9.17) is 4.99 Å². The third-order valence-electron chi connectivity index (χ3n) is 4.27. The van der Waals surface area contributed by atoms with E-state index >= 15 is 0 Å². The molecule has 0 radical (unpaired) electrons. The lowest BCUT2D eigenvalue weighted by Crippen LogP contribution is -2.45. The lowest BCUT2D eigenvalue weighted by Gasteiger charge is -2.30. The summed E-state index contributed by atoms with van der Waals surface area (Å²) in [6, 6.07) is 0.567. The van der Waals surface area contributed by atoms with E-state index in [-0.39, 0.29) is 0 Å². The van der Waals surface area contributed by atoms with Gasteiger partial charge in [-0.1, -0.05) is 13.3 Å². The minimum atomic E-state index is 0.567. The van der Waals surface area contributed by atoms with Crippen LogP contribution >= 0.6 is 11.8 Å². The van der Waals surface area contributed by atoms with Gasteiger partial charge in [-0.2, -0.15) is 11.8 Å². The first kappa shape index (κ1) is 19.1. The minimum absolute atomic E-state index is 0.567. The summed E-state index contributed by atoms with van der Waals surface area (Å²) in [4.78, 5) is 4.74. The van der Waals surface area contributed by atoms with Gasteiger partial charge < -0.3 is 15.2 Å². The van der Waals surface area contributed by atoms with E-state index in [9.17, 15) is 0 Å². The summed E-state index contributed by atoms with van der Waals surface area (Å²) in [7, 11) is 0. The van der Waals surface area contributed by atoms with Crippen LogP contribution in [0.5, 0.6) is 0 Å². The molecule has 6 nitrogen and oxygen atoms in total. The van der Waals surface area contributed by atoms with Crippen LogP contribution in [0.2, 0.25) is 0 Å². The second-order valence-corrected chi connectivity index (χ2v) is 7.83. The van der Waals surface area contributed by atoms with Crippen LogP contribution in [0.1, 0.15) is 52.4 Å². The fourth-order valence-electron chi connectivity index (χ4n) is 3.11. The van der Waals surface area contributed by atoms with Crippen molar-refractivity contribution < 1.29 is 0 Å². The Kier molecular flexibility index (Phi) is 9.02. The molecule has 1 saturated carbocycles. The molecule has 0 bridgehead atoms. The van der Waals surface area contributed by atoms with Crippen LogP contribution in [0.15, 0.2) is 17.6 Å². The summed E-state index contributed by atoms with van der Waals surface area (Å²) in [5, 5.41) is 15.5. The van der Waals surface area contributed by atoms with Crippen LogP contribution in [0, 0.1) is 0 Å². The molecule has 1 aromatic rings. The number of thioether (sulfide) groups is 1. The number of hydrogen-bond donors (Lipinski definition) is 2. The number of aryl methyl sites for hydroxylation is 1. The van der Waals surface area contributed by atoms with Crippen molar-refractivity contribution in [2.75, 3.05) is 18.8 Å². The molecule has 2 rings (SSSR count). The Bertz CT molecular complexity index is 460. The molecule has 1 aliphatic rings. The zero-order valence-electron chi connectivity index (χ0n) is 15.1. The zero-order valence-corrected chi connectivity index (χ0v) is 15.9. The number of unbranched alkanes of at least 4 members (excludes halogenated alkanes) is 1. The molecule has 0 saturated heterocycles. The molecule has 7 heteroatoms. The van der Waals surface area contributed by atoms with Gasteiger partial charge >= 0.3 is 0 Å². The second kappa shape index (κ2) is 11.3. The monoisotopic (exact) mass is 352 g/mol. The first-order valence-electron chi connectivity index (χ1n) is 9.30. The summed E-state index contributed by atoms with van der Waals surface area (Å²) in [6.07, 6.45) is 10.9. The molecule has 136 valence electrons. The standard InChI is InChI=1S/C17H32N6S/c1-3-18-17(19-10-5-6-11-23-13-20-21-14-23)22-15-8-7-9-16(12-15)24-4-2/h13-16H,3-12H2,1-2H3,(H2,18,19,22). The van der Waals surface area contributed by atoms with Gasteiger partial charge in [0, 0.05) is 30.9 Å². The van der Waals surface area contributed by atoms with E-state index < -0.39 is 0 Å². The molecule has 24 heavy (non-hydrogen) atoms. The number of guanidine groups is 1. The Labute approximate surface area is 150 Å². The third kappa shape index (κ3) is 7.11. The van der Waals surface area contributed by atoms with E-state index in [2.05, 4.69) is 46.4 Å². The van der Waals surface area contributed by atoms with Crippen molar-refractivity contribution in [1.82, 2.24) is 25.4 Å². The third-order valence-corrected chi connectivity index (χ3v) is 5.51. The molecule has 0 amide bonds. The summed E-state index contributed by atoms with van der Waals surface area (Å²) in [5.74, 6) is 2.20. The van der Waals surface area contributed by atoms with Gasteiger partial charge in [0.05, 0.1) is 0 Å². The van der Waals surface area contributed by atoms with E-state index in [0.717, 1.165) is 43.7 Å². The molecule has 1 fully saturated rings. The first-order valence-corrected chi connectivity index (χ1v) is 10.4. The molecule has 0 spiro atoms. The number of aliphatic imine (C=N–C) groups is 1. The lowest BCUT2D eigenvalue weighted by molar-refractivity contribution is 0.418. The van der Waals surface area contributed by atoms with Crippen LogP contribution in [0.25, 0.3) is 0 Å². The number of nitrogens with zero attached hydrogens (tertiary/aromatic N) is 4. The van der Waals surface area contributed by atoms with Crippen LogP contribution in [-0.2, 0) is 6.54 Å². The van der Waals surface area contributed by atoms with Gasteiger partial charge in [0.25, 0.3) is 0 Å². The van der Waals surface area contributed by atoms with Crippen molar-refractivity contribution in [3.8, 4) is 0 Å². The number of nitrogens with one attached hydrogen (secondary N) is 2. The van der Waals surface area contributed by atoms with Crippen molar-refractivity contribution in [2.24, 2.45) is 4.99 Å². The molecular formula is C17H32N6S. The SMILES string of the molecule is CCNC(=NCCCCn1cnnc1)NC1CCCC(SCC)C1. The van der Waals surface area contributed by atoms with Gasteiger partial charge in [-0.15, -0.1) is 10.2 Å². The van der Waals surface area contributed by atoms with E-state index in [0.29, 0.717) is 6.04 Å². The molecule has 0 aliphatic heterocycles. The van der Waals surface area contributed by atoms with Gasteiger partial charge in [0.1, 0.15) is 12.7 Å². The summed E-state index contributed by atoms with van der Waals surface area (Å²) in [5.41, 5.74) is 0. The molecule has 2 unspecified atom stereocenters. The topological polar surface area (TPSA) is 67.1 Å². The summed E-state index contributed by atoms with van der Waals surface area (Å²) >= 11 is 2.11. The second-order valence-electron chi connectivity index (χ2n) is 6.25.